The number of carbonyl (C=O) groups excluding carboxylic acids is 1. The number of amides is 1. The van der Waals surface area contributed by atoms with E-state index in [1.807, 2.05) is 12.1 Å². The van der Waals surface area contributed by atoms with E-state index in [2.05, 4.69) is 24.1 Å². The summed E-state index contributed by atoms with van der Waals surface area (Å²) >= 11 is 0. The molecule has 20 heavy (non-hydrogen) atoms. The van der Waals surface area contributed by atoms with Crippen LogP contribution in [0.15, 0.2) is 16.9 Å². The summed E-state index contributed by atoms with van der Waals surface area (Å²) in [6.07, 6.45) is 0.662. The van der Waals surface area contributed by atoms with Crippen LogP contribution in [0.1, 0.15) is 13.8 Å². The average Bonchev–Trinajstić information content (AvgIpc) is 2.66. The SMILES string of the molecule is CCN(CC)c1cc2c(cc1NC=O)n(C)c(=O)n2C. The van der Waals surface area contributed by atoms with Crippen molar-refractivity contribution in [1.82, 2.24) is 9.13 Å². The summed E-state index contributed by atoms with van der Waals surface area (Å²) in [6.45, 7) is 5.78. The Labute approximate surface area is 117 Å². The van der Waals surface area contributed by atoms with Crippen LogP contribution in [0.25, 0.3) is 11.0 Å². The number of aromatic nitrogens is 2. The molecule has 0 aliphatic carbocycles. The number of benzene rings is 1. The molecule has 0 bridgehead atoms. The van der Waals surface area contributed by atoms with Gasteiger partial charge in [-0.1, -0.05) is 0 Å². The number of fused-ring (bicyclic) bond motifs is 1. The van der Waals surface area contributed by atoms with Gasteiger partial charge in [-0.15, -0.1) is 0 Å². The molecule has 0 spiro atoms. The van der Waals surface area contributed by atoms with Crippen molar-refractivity contribution in [2.45, 2.75) is 13.8 Å². The van der Waals surface area contributed by atoms with Crippen molar-refractivity contribution >= 4 is 28.8 Å². The van der Waals surface area contributed by atoms with Gasteiger partial charge in [0.05, 0.1) is 22.4 Å². The van der Waals surface area contributed by atoms with Gasteiger partial charge in [-0.3, -0.25) is 13.9 Å². The summed E-state index contributed by atoms with van der Waals surface area (Å²) < 4.78 is 3.20. The van der Waals surface area contributed by atoms with Crippen LogP contribution in [0.2, 0.25) is 0 Å². The zero-order valence-corrected chi connectivity index (χ0v) is 12.3. The molecule has 6 heteroatoms. The zero-order valence-electron chi connectivity index (χ0n) is 12.3. The lowest BCUT2D eigenvalue weighted by atomic mass is 10.2. The summed E-state index contributed by atoms with van der Waals surface area (Å²) in [5, 5.41) is 2.73. The molecule has 0 unspecified atom stereocenters. The smallest absolute Gasteiger partial charge is 0.328 e. The van der Waals surface area contributed by atoms with E-state index in [1.54, 1.807) is 23.2 Å². The molecular formula is C14H20N4O2. The van der Waals surface area contributed by atoms with Gasteiger partial charge in [0.2, 0.25) is 6.41 Å². The molecule has 0 radical (unpaired) electrons. The van der Waals surface area contributed by atoms with E-state index in [9.17, 15) is 9.59 Å². The van der Waals surface area contributed by atoms with Crippen molar-refractivity contribution in [2.75, 3.05) is 23.3 Å². The maximum atomic E-state index is 12.0. The number of aryl methyl sites for hydroxylation is 2. The second kappa shape index (κ2) is 5.40. The first kappa shape index (κ1) is 14.2. The van der Waals surface area contributed by atoms with Gasteiger partial charge in [0.15, 0.2) is 0 Å². The largest absolute Gasteiger partial charge is 0.370 e. The number of nitrogens with zero attached hydrogens (tertiary/aromatic N) is 3. The Morgan fingerprint density at radius 2 is 1.70 bits per heavy atom. The number of carbonyl (C=O) groups is 1. The van der Waals surface area contributed by atoms with Crippen LogP contribution in [0, 0.1) is 0 Å². The van der Waals surface area contributed by atoms with E-state index in [0.717, 1.165) is 35.5 Å². The summed E-state index contributed by atoms with van der Waals surface area (Å²) in [7, 11) is 3.48. The topological polar surface area (TPSA) is 59.3 Å². The van der Waals surface area contributed by atoms with Crippen LogP contribution in [0.3, 0.4) is 0 Å². The maximum absolute atomic E-state index is 12.0. The highest BCUT2D eigenvalue weighted by atomic mass is 16.1. The number of anilines is 2. The van der Waals surface area contributed by atoms with Crippen molar-refractivity contribution in [3.05, 3.63) is 22.6 Å². The van der Waals surface area contributed by atoms with Crippen molar-refractivity contribution in [2.24, 2.45) is 14.1 Å². The molecule has 2 rings (SSSR count). The number of nitrogens with one attached hydrogen (secondary N) is 1. The summed E-state index contributed by atoms with van der Waals surface area (Å²) in [4.78, 5) is 25.0. The maximum Gasteiger partial charge on any atom is 0.328 e. The quantitative estimate of drug-likeness (QED) is 0.837. The van der Waals surface area contributed by atoms with Crippen LogP contribution in [-0.2, 0) is 18.9 Å². The highest BCUT2D eigenvalue weighted by molar-refractivity contribution is 5.92. The molecule has 1 N–H and O–H groups in total. The number of hydrogen-bond donors (Lipinski definition) is 1. The van der Waals surface area contributed by atoms with E-state index in [4.69, 9.17) is 0 Å². The molecule has 1 aromatic heterocycles. The lowest BCUT2D eigenvalue weighted by molar-refractivity contribution is -0.105. The Balaban J connectivity index is 2.78. The first-order valence-electron chi connectivity index (χ1n) is 6.69. The van der Waals surface area contributed by atoms with E-state index in [1.165, 1.54) is 0 Å². The van der Waals surface area contributed by atoms with Crippen LogP contribution in [0.4, 0.5) is 11.4 Å². The molecule has 0 saturated heterocycles. The molecule has 0 aliphatic rings. The average molecular weight is 276 g/mol. The third-order valence-electron chi connectivity index (χ3n) is 3.71. The third kappa shape index (κ3) is 2.07. The van der Waals surface area contributed by atoms with Crippen LogP contribution in [0.5, 0.6) is 0 Å². The van der Waals surface area contributed by atoms with Crippen molar-refractivity contribution in [3.8, 4) is 0 Å². The minimum absolute atomic E-state index is 0.0752. The monoisotopic (exact) mass is 276 g/mol. The molecule has 1 amide bonds. The molecule has 108 valence electrons. The van der Waals surface area contributed by atoms with Gasteiger partial charge in [0.25, 0.3) is 0 Å². The van der Waals surface area contributed by atoms with E-state index in [-0.39, 0.29) is 5.69 Å². The van der Waals surface area contributed by atoms with Gasteiger partial charge < -0.3 is 10.2 Å². The second-order valence-corrected chi connectivity index (χ2v) is 4.69. The predicted molar refractivity (Wildman–Crippen MR) is 81.4 cm³/mol. The third-order valence-corrected chi connectivity index (χ3v) is 3.71. The zero-order chi connectivity index (χ0) is 14.9. The molecule has 0 aliphatic heterocycles. The number of rotatable bonds is 5. The van der Waals surface area contributed by atoms with Crippen LogP contribution >= 0.6 is 0 Å². The lowest BCUT2D eigenvalue weighted by Crippen LogP contribution is -2.23. The van der Waals surface area contributed by atoms with Crippen LogP contribution in [-0.4, -0.2) is 28.6 Å². The van der Waals surface area contributed by atoms with Crippen molar-refractivity contribution < 1.29 is 4.79 Å². The molecule has 0 atom stereocenters. The minimum atomic E-state index is -0.0752. The Morgan fingerprint density at radius 1 is 1.15 bits per heavy atom. The Kier molecular flexibility index (Phi) is 3.83. The Hall–Kier alpha value is -2.24. The van der Waals surface area contributed by atoms with E-state index < -0.39 is 0 Å². The standard InChI is InChI=1S/C14H20N4O2/c1-5-18(6-2)11-8-13-12(7-10(11)15-9-19)16(3)14(20)17(13)4/h7-9H,5-6H2,1-4H3,(H,15,19). The number of imidazole rings is 1. The molecule has 0 saturated carbocycles. The molecule has 6 nitrogen and oxygen atoms in total. The summed E-state index contributed by atoms with van der Waals surface area (Å²) in [6, 6.07) is 3.80. The molecule has 0 fully saturated rings. The highest BCUT2D eigenvalue weighted by Crippen LogP contribution is 2.30. The summed E-state index contributed by atoms with van der Waals surface area (Å²) in [5.41, 5.74) is 3.23. The Morgan fingerprint density at radius 3 is 2.20 bits per heavy atom. The lowest BCUT2D eigenvalue weighted by Gasteiger charge is -2.24. The fourth-order valence-corrected chi connectivity index (χ4v) is 2.54. The van der Waals surface area contributed by atoms with Gasteiger partial charge >= 0.3 is 5.69 Å². The van der Waals surface area contributed by atoms with Gasteiger partial charge in [-0.2, -0.15) is 0 Å². The Bertz CT molecular complexity index is 695. The molecular weight excluding hydrogens is 256 g/mol. The first-order chi connectivity index (χ1) is 9.54. The molecule has 2 aromatic rings. The van der Waals surface area contributed by atoms with E-state index in [0.29, 0.717) is 6.41 Å². The fraction of sp³-hybridized carbons (Fsp3) is 0.429. The van der Waals surface area contributed by atoms with Gasteiger partial charge in [-0.25, -0.2) is 4.79 Å². The van der Waals surface area contributed by atoms with Gasteiger partial charge in [-0.05, 0) is 26.0 Å². The van der Waals surface area contributed by atoms with Crippen molar-refractivity contribution in [3.63, 3.8) is 0 Å². The van der Waals surface area contributed by atoms with Crippen molar-refractivity contribution in [1.29, 1.82) is 0 Å². The second-order valence-electron chi connectivity index (χ2n) is 4.69. The highest BCUT2D eigenvalue weighted by Gasteiger charge is 2.15. The minimum Gasteiger partial charge on any atom is -0.370 e. The molecule has 1 aromatic carbocycles. The van der Waals surface area contributed by atoms with E-state index >= 15 is 0 Å². The first-order valence-corrected chi connectivity index (χ1v) is 6.69. The van der Waals surface area contributed by atoms with Gasteiger partial charge in [0.1, 0.15) is 0 Å². The van der Waals surface area contributed by atoms with Crippen LogP contribution < -0.4 is 15.9 Å². The fourth-order valence-electron chi connectivity index (χ4n) is 2.54. The molecule has 1 heterocycles. The number of hydrogen-bond acceptors (Lipinski definition) is 3. The summed E-state index contributed by atoms with van der Waals surface area (Å²) in [5.74, 6) is 0. The normalized spacial score (nSPS) is 10.8. The predicted octanol–water partition coefficient (Wildman–Crippen LogP) is 1.29. The van der Waals surface area contributed by atoms with Gasteiger partial charge in [0, 0.05) is 27.2 Å².